The lowest BCUT2D eigenvalue weighted by Gasteiger charge is -2.14. The van der Waals surface area contributed by atoms with Gasteiger partial charge >= 0.3 is 5.97 Å². The Bertz CT molecular complexity index is 1440. The lowest BCUT2D eigenvalue weighted by atomic mass is 10.1. The first kappa shape index (κ1) is 22.4. The summed E-state index contributed by atoms with van der Waals surface area (Å²) in [4.78, 5) is 41.2. The fourth-order valence-corrected chi connectivity index (χ4v) is 3.41. The number of carbonyl (C=O) groups is 2. The van der Waals surface area contributed by atoms with Gasteiger partial charge in [-0.1, -0.05) is 18.2 Å². The van der Waals surface area contributed by atoms with E-state index in [1.54, 1.807) is 49.5 Å². The number of carbonyl (C=O) groups excluding carboxylic acids is 2. The third kappa shape index (κ3) is 4.40. The molecular weight excluding hydrogens is 436 g/mol. The summed E-state index contributed by atoms with van der Waals surface area (Å²) in [5.74, 6) is -1.33. The number of hydrogen-bond acceptors (Lipinski definition) is 7. The van der Waals surface area contributed by atoms with Crippen LogP contribution in [0.4, 0.5) is 0 Å². The molecule has 170 valence electrons. The molecule has 9 nitrogen and oxygen atoms in total. The molecule has 0 radical (unpaired) electrons. The van der Waals surface area contributed by atoms with E-state index >= 15 is 0 Å². The van der Waals surface area contributed by atoms with E-state index in [0.29, 0.717) is 27.6 Å². The molecule has 4 aromatic rings. The van der Waals surface area contributed by atoms with Crippen LogP contribution in [0, 0.1) is 0 Å². The Morgan fingerprint density at radius 3 is 2.47 bits per heavy atom. The first-order chi connectivity index (χ1) is 16.5. The molecule has 0 unspecified atom stereocenters. The molecule has 0 spiro atoms. The number of nitrogens with one attached hydrogen (secondary N) is 1. The molecule has 0 aliphatic rings. The second-order valence-electron chi connectivity index (χ2n) is 7.13. The molecule has 0 aliphatic heterocycles. The minimum atomic E-state index is -0.485. The number of rotatable bonds is 6. The van der Waals surface area contributed by atoms with Gasteiger partial charge in [0.05, 0.1) is 35.2 Å². The average molecular weight is 456 g/mol. The number of fused-ring (bicyclic) bond motifs is 1. The SMILES string of the molecule is CCOC(=O)c1ccc(-n2c(O)c(/C=N/NC(=O)c3cccnc3)c3ccccc3c2=O)cc1. The number of nitrogens with zero attached hydrogens (tertiary/aromatic N) is 3. The number of pyridine rings is 2. The molecule has 9 heteroatoms. The fourth-order valence-electron chi connectivity index (χ4n) is 3.41. The van der Waals surface area contributed by atoms with E-state index < -0.39 is 17.4 Å². The Morgan fingerprint density at radius 1 is 1.06 bits per heavy atom. The summed E-state index contributed by atoms with van der Waals surface area (Å²) in [6.45, 7) is 1.95. The Labute approximate surface area is 194 Å². The summed E-state index contributed by atoms with van der Waals surface area (Å²) in [7, 11) is 0. The van der Waals surface area contributed by atoms with E-state index in [9.17, 15) is 19.5 Å². The summed E-state index contributed by atoms with van der Waals surface area (Å²) >= 11 is 0. The van der Waals surface area contributed by atoms with Crippen LogP contribution in [0.15, 0.2) is 83.0 Å². The molecule has 0 fully saturated rings. The van der Waals surface area contributed by atoms with Crippen LogP contribution in [-0.4, -0.2) is 39.4 Å². The predicted octanol–water partition coefficient (Wildman–Crippen LogP) is 3.03. The smallest absolute Gasteiger partial charge is 0.338 e. The third-order valence-electron chi connectivity index (χ3n) is 5.02. The molecule has 0 bridgehead atoms. The van der Waals surface area contributed by atoms with Crippen LogP contribution in [-0.2, 0) is 4.74 Å². The first-order valence-corrected chi connectivity index (χ1v) is 10.4. The zero-order valence-corrected chi connectivity index (χ0v) is 18.1. The normalized spacial score (nSPS) is 11.0. The van der Waals surface area contributed by atoms with E-state index in [2.05, 4.69) is 15.5 Å². The molecule has 0 saturated heterocycles. The third-order valence-corrected chi connectivity index (χ3v) is 5.02. The number of benzene rings is 2. The van der Waals surface area contributed by atoms with Gasteiger partial charge < -0.3 is 9.84 Å². The molecular formula is C25H20N4O5. The van der Waals surface area contributed by atoms with Crippen molar-refractivity contribution in [2.45, 2.75) is 6.92 Å². The number of hydrazone groups is 1. The van der Waals surface area contributed by atoms with Gasteiger partial charge in [0.25, 0.3) is 11.5 Å². The number of aromatic hydroxyl groups is 1. The van der Waals surface area contributed by atoms with E-state index in [1.807, 2.05) is 0 Å². The molecule has 0 aliphatic carbocycles. The van der Waals surface area contributed by atoms with Crippen LogP contribution in [0.2, 0.25) is 0 Å². The number of esters is 1. The Kier molecular flexibility index (Phi) is 6.45. The summed E-state index contributed by atoms with van der Waals surface area (Å²) < 4.78 is 6.09. The van der Waals surface area contributed by atoms with Gasteiger partial charge in [-0.3, -0.25) is 14.6 Å². The van der Waals surface area contributed by atoms with Gasteiger partial charge in [-0.25, -0.2) is 14.8 Å². The molecule has 34 heavy (non-hydrogen) atoms. The fraction of sp³-hybridized carbons (Fsp3) is 0.0800. The minimum Gasteiger partial charge on any atom is -0.494 e. The second kappa shape index (κ2) is 9.78. The second-order valence-corrected chi connectivity index (χ2v) is 7.13. The van der Waals surface area contributed by atoms with Crippen molar-refractivity contribution in [2.24, 2.45) is 5.10 Å². The highest BCUT2D eigenvalue weighted by atomic mass is 16.5. The van der Waals surface area contributed by atoms with E-state index in [-0.39, 0.29) is 18.1 Å². The average Bonchev–Trinajstić information content (AvgIpc) is 2.87. The van der Waals surface area contributed by atoms with Crippen molar-refractivity contribution >= 4 is 28.9 Å². The van der Waals surface area contributed by atoms with Crippen molar-refractivity contribution in [1.82, 2.24) is 15.0 Å². The van der Waals surface area contributed by atoms with E-state index in [0.717, 1.165) is 4.57 Å². The van der Waals surface area contributed by atoms with Gasteiger partial charge in [0.15, 0.2) is 0 Å². The highest BCUT2D eigenvalue weighted by Gasteiger charge is 2.17. The quantitative estimate of drug-likeness (QED) is 0.261. The van der Waals surface area contributed by atoms with Gasteiger partial charge in [0.2, 0.25) is 5.88 Å². The van der Waals surface area contributed by atoms with Crippen LogP contribution in [0.25, 0.3) is 16.5 Å². The van der Waals surface area contributed by atoms with Crippen molar-refractivity contribution in [3.8, 4) is 11.6 Å². The Hall–Kier alpha value is -4.79. The summed E-state index contributed by atoms with van der Waals surface area (Å²) in [6.07, 6.45) is 4.22. The standard InChI is InChI=1S/C25H20N4O5/c1-2-34-25(33)16-9-11-18(12-10-16)29-23(31)20-8-4-3-7-19(20)21(24(29)32)15-27-28-22(30)17-6-5-13-26-14-17/h3-15,32H,2H2,1H3,(H,28,30)/b27-15+. The van der Waals surface area contributed by atoms with E-state index in [1.165, 1.54) is 36.7 Å². The van der Waals surface area contributed by atoms with Crippen molar-refractivity contribution in [3.63, 3.8) is 0 Å². The first-order valence-electron chi connectivity index (χ1n) is 10.4. The van der Waals surface area contributed by atoms with Crippen molar-refractivity contribution < 1.29 is 19.4 Å². The Morgan fingerprint density at radius 2 is 1.79 bits per heavy atom. The molecule has 0 saturated carbocycles. The molecule has 2 aromatic carbocycles. The molecule has 4 rings (SSSR count). The van der Waals surface area contributed by atoms with Crippen LogP contribution in [0.1, 0.15) is 33.2 Å². The summed E-state index contributed by atoms with van der Waals surface area (Å²) in [6, 6.07) is 16.0. The van der Waals surface area contributed by atoms with Gasteiger partial charge in [-0.05, 0) is 49.4 Å². The maximum atomic E-state index is 13.2. The van der Waals surface area contributed by atoms with Gasteiger partial charge in [0.1, 0.15) is 0 Å². The Balaban J connectivity index is 1.75. The van der Waals surface area contributed by atoms with Crippen LogP contribution in [0.3, 0.4) is 0 Å². The van der Waals surface area contributed by atoms with Crippen LogP contribution >= 0.6 is 0 Å². The van der Waals surface area contributed by atoms with Gasteiger partial charge in [-0.15, -0.1) is 0 Å². The minimum absolute atomic E-state index is 0.233. The number of amides is 1. The highest BCUT2D eigenvalue weighted by molar-refractivity contribution is 6.02. The monoisotopic (exact) mass is 456 g/mol. The molecule has 0 atom stereocenters. The van der Waals surface area contributed by atoms with E-state index in [4.69, 9.17) is 4.74 Å². The van der Waals surface area contributed by atoms with Crippen LogP contribution < -0.4 is 11.0 Å². The zero-order chi connectivity index (χ0) is 24.1. The largest absolute Gasteiger partial charge is 0.494 e. The maximum absolute atomic E-state index is 13.2. The predicted molar refractivity (Wildman–Crippen MR) is 126 cm³/mol. The highest BCUT2D eigenvalue weighted by Crippen LogP contribution is 2.26. The number of hydrogen-bond donors (Lipinski definition) is 2. The lowest BCUT2D eigenvalue weighted by molar-refractivity contribution is 0.0526. The van der Waals surface area contributed by atoms with Crippen molar-refractivity contribution in [2.75, 3.05) is 6.61 Å². The molecule has 2 N–H and O–H groups in total. The summed E-state index contributed by atoms with van der Waals surface area (Å²) in [5, 5.41) is 15.8. The van der Waals surface area contributed by atoms with Crippen molar-refractivity contribution in [1.29, 1.82) is 0 Å². The number of ether oxygens (including phenoxy) is 1. The molecule has 2 heterocycles. The zero-order valence-electron chi connectivity index (χ0n) is 18.1. The molecule has 2 aromatic heterocycles. The summed E-state index contributed by atoms with van der Waals surface area (Å²) in [5.41, 5.74) is 3.15. The number of aromatic nitrogens is 2. The van der Waals surface area contributed by atoms with Gasteiger partial charge in [0, 0.05) is 23.2 Å². The van der Waals surface area contributed by atoms with Gasteiger partial charge in [-0.2, -0.15) is 5.10 Å². The lowest BCUT2D eigenvalue weighted by Crippen LogP contribution is -2.21. The maximum Gasteiger partial charge on any atom is 0.338 e. The van der Waals surface area contributed by atoms with Crippen LogP contribution in [0.5, 0.6) is 5.88 Å². The topological polar surface area (TPSA) is 123 Å². The van der Waals surface area contributed by atoms with Crippen molar-refractivity contribution in [3.05, 3.63) is 100 Å². The molecule has 1 amide bonds.